The molecule has 3 aromatic heterocycles. The predicted molar refractivity (Wildman–Crippen MR) is 83.5 cm³/mol. The van der Waals surface area contributed by atoms with Gasteiger partial charge in [0.1, 0.15) is 12.1 Å². The quantitative estimate of drug-likeness (QED) is 0.571. The number of nitrogens with one attached hydrogen (secondary N) is 1. The SMILES string of the molecule is O=C(NCc1ccnc(-n2ccnc2)c1)c1ccc([N+](=O)[O-])s1. The largest absolute Gasteiger partial charge is 0.347 e. The molecule has 0 spiro atoms. The first-order valence-electron chi connectivity index (χ1n) is 6.59. The van der Waals surface area contributed by atoms with Crippen molar-refractivity contribution in [3.63, 3.8) is 0 Å². The smallest absolute Gasteiger partial charge is 0.324 e. The fraction of sp³-hybridized carbons (Fsp3) is 0.0714. The zero-order chi connectivity index (χ0) is 16.2. The van der Waals surface area contributed by atoms with Crippen molar-refractivity contribution in [3.05, 3.63) is 69.7 Å². The Hall–Kier alpha value is -3.07. The Morgan fingerprint density at radius 2 is 2.22 bits per heavy atom. The van der Waals surface area contributed by atoms with Crippen molar-refractivity contribution in [3.8, 4) is 5.82 Å². The number of carbonyl (C=O) groups is 1. The fourth-order valence-electron chi connectivity index (χ4n) is 1.92. The number of nitrogens with zero attached hydrogens (tertiary/aromatic N) is 4. The molecule has 0 aliphatic rings. The maximum atomic E-state index is 12.0. The first-order valence-corrected chi connectivity index (χ1v) is 7.41. The lowest BCUT2D eigenvalue weighted by atomic mass is 10.2. The number of pyridine rings is 1. The van der Waals surface area contributed by atoms with E-state index in [9.17, 15) is 14.9 Å². The highest BCUT2D eigenvalue weighted by Crippen LogP contribution is 2.23. The standard InChI is InChI=1S/C14H11N5O3S/c20-14(11-1-2-13(23-11)19(21)22)17-8-10-3-4-16-12(7-10)18-6-5-15-9-18/h1-7,9H,8H2,(H,17,20). The van der Waals surface area contributed by atoms with Crippen LogP contribution in [-0.4, -0.2) is 25.4 Å². The molecule has 0 aliphatic heterocycles. The molecule has 9 heteroatoms. The summed E-state index contributed by atoms with van der Waals surface area (Å²) in [6.07, 6.45) is 6.71. The number of rotatable bonds is 5. The maximum absolute atomic E-state index is 12.0. The molecule has 3 heterocycles. The van der Waals surface area contributed by atoms with Crippen LogP contribution in [0.2, 0.25) is 0 Å². The zero-order valence-corrected chi connectivity index (χ0v) is 12.6. The summed E-state index contributed by atoms with van der Waals surface area (Å²) < 4.78 is 1.76. The van der Waals surface area contributed by atoms with E-state index in [0.717, 1.165) is 16.9 Å². The molecule has 0 fully saturated rings. The van der Waals surface area contributed by atoms with Gasteiger partial charge in [0.15, 0.2) is 0 Å². The third-order valence-electron chi connectivity index (χ3n) is 3.03. The Labute approximate surface area is 134 Å². The Bertz CT molecular complexity index is 844. The summed E-state index contributed by atoms with van der Waals surface area (Å²) in [5.74, 6) is 0.352. The van der Waals surface area contributed by atoms with Gasteiger partial charge in [-0.15, -0.1) is 0 Å². The molecule has 0 atom stereocenters. The van der Waals surface area contributed by atoms with Gasteiger partial charge in [-0.1, -0.05) is 11.3 Å². The first-order chi connectivity index (χ1) is 11.1. The van der Waals surface area contributed by atoms with Gasteiger partial charge in [0.05, 0.1) is 9.80 Å². The number of carbonyl (C=O) groups excluding carboxylic acids is 1. The van der Waals surface area contributed by atoms with Crippen LogP contribution in [0.15, 0.2) is 49.2 Å². The van der Waals surface area contributed by atoms with Gasteiger partial charge in [-0.05, 0) is 23.8 Å². The molecule has 8 nitrogen and oxygen atoms in total. The number of thiophene rings is 1. The lowest BCUT2D eigenvalue weighted by molar-refractivity contribution is -0.380. The van der Waals surface area contributed by atoms with E-state index in [0.29, 0.717) is 17.2 Å². The monoisotopic (exact) mass is 329 g/mol. The average molecular weight is 329 g/mol. The predicted octanol–water partition coefficient (Wildman–Crippen LogP) is 2.17. The van der Waals surface area contributed by atoms with Crippen LogP contribution < -0.4 is 5.32 Å². The molecule has 0 aliphatic carbocycles. The van der Waals surface area contributed by atoms with E-state index in [2.05, 4.69) is 15.3 Å². The number of nitro groups is 1. The number of imidazole rings is 1. The summed E-state index contributed by atoms with van der Waals surface area (Å²) in [5.41, 5.74) is 0.864. The Morgan fingerprint density at radius 1 is 1.35 bits per heavy atom. The lowest BCUT2D eigenvalue weighted by Crippen LogP contribution is -2.21. The minimum absolute atomic E-state index is 0.0542. The van der Waals surface area contributed by atoms with Gasteiger partial charge in [0, 0.05) is 31.2 Å². The van der Waals surface area contributed by atoms with Crippen molar-refractivity contribution in [2.75, 3.05) is 0 Å². The summed E-state index contributed by atoms with van der Waals surface area (Å²) in [4.78, 5) is 30.6. The summed E-state index contributed by atoms with van der Waals surface area (Å²) in [5, 5.41) is 13.3. The van der Waals surface area contributed by atoms with Crippen LogP contribution >= 0.6 is 11.3 Å². The first kappa shape index (κ1) is 14.9. The summed E-state index contributed by atoms with van der Waals surface area (Å²) in [6.45, 7) is 0.300. The topological polar surface area (TPSA) is 103 Å². The van der Waals surface area contributed by atoms with Gasteiger partial charge in [-0.2, -0.15) is 0 Å². The highest BCUT2D eigenvalue weighted by molar-refractivity contribution is 7.17. The zero-order valence-electron chi connectivity index (χ0n) is 11.7. The minimum Gasteiger partial charge on any atom is -0.347 e. The second-order valence-corrected chi connectivity index (χ2v) is 5.63. The van der Waals surface area contributed by atoms with Gasteiger partial charge in [-0.3, -0.25) is 19.5 Å². The lowest BCUT2D eigenvalue weighted by Gasteiger charge is -2.06. The molecule has 0 aromatic carbocycles. The summed E-state index contributed by atoms with van der Waals surface area (Å²) in [7, 11) is 0. The van der Waals surface area contributed by atoms with E-state index >= 15 is 0 Å². The number of hydrogen-bond acceptors (Lipinski definition) is 6. The van der Waals surface area contributed by atoms with Crippen molar-refractivity contribution >= 4 is 22.2 Å². The van der Waals surface area contributed by atoms with E-state index in [1.54, 1.807) is 35.6 Å². The molecule has 0 radical (unpaired) electrons. The minimum atomic E-state index is -0.512. The third kappa shape index (κ3) is 3.40. The highest BCUT2D eigenvalue weighted by atomic mass is 32.1. The molecule has 0 unspecified atom stereocenters. The van der Waals surface area contributed by atoms with Crippen molar-refractivity contribution in [1.29, 1.82) is 0 Å². The van der Waals surface area contributed by atoms with Crippen molar-refractivity contribution in [2.24, 2.45) is 0 Å². The molecule has 3 rings (SSSR count). The normalized spacial score (nSPS) is 10.4. The molecule has 23 heavy (non-hydrogen) atoms. The molecular formula is C14H11N5O3S. The van der Waals surface area contributed by atoms with E-state index in [-0.39, 0.29) is 10.9 Å². The fourth-order valence-corrected chi connectivity index (χ4v) is 2.66. The van der Waals surface area contributed by atoms with Crippen LogP contribution in [0.1, 0.15) is 15.2 Å². The number of amides is 1. The van der Waals surface area contributed by atoms with Crippen LogP contribution in [0.3, 0.4) is 0 Å². The van der Waals surface area contributed by atoms with Crippen molar-refractivity contribution in [1.82, 2.24) is 19.9 Å². The van der Waals surface area contributed by atoms with Gasteiger partial charge in [-0.25, -0.2) is 9.97 Å². The van der Waals surface area contributed by atoms with Crippen LogP contribution in [0.5, 0.6) is 0 Å². The molecular weight excluding hydrogens is 318 g/mol. The molecule has 1 N–H and O–H groups in total. The third-order valence-corrected chi connectivity index (χ3v) is 4.06. The van der Waals surface area contributed by atoms with Crippen LogP contribution in [0.4, 0.5) is 5.00 Å². The Morgan fingerprint density at radius 3 is 2.91 bits per heavy atom. The van der Waals surface area contributed by atoms with Gasteiger partial charge in [0.25, 0.3) is 5.91 Å². The van der Waals surface area contributed by atoms with Crippen LogP contribution in [-0.2, 0) is 6.54 Å². The van der Waals surface area contributed by atoms with Gasteiger partial charge >= 0.3 is 5.00 Å². The van der Waals surface area contributed by atoms with Crippen LogP contribution in [0, 0.1) is 10.1 Å². The molecule has 116 valence electrons. The average Bonchev–Trinajstić information content (AvgIpc) is 3.24. The van der Waals surface area contributed by atoms with Crippen molar-refractivity contribution < 1.29 is 9.72 Å². The van der Waals surface area contributed by atoms with Crippen molar-refractivity contribution in [2.45, 2.75) is 6.54 Å². The van der Waals surface area contributed by atoms with E-state index in [1.807, 2.05) is 6.07 Å². The molecule has 0 saturated carbocycles. The van der Waals surface area contributed by atoms with Gasteiger partial charge < -0.3 is 5.32 Å². The second kappa shape index (κ2) is 6.36. The molecule has 0 bridgehead atoms. The highest BCUT2D eigenvalue weighted by Gasteiger charge is 2.15. The van der Waals surface area contributed by atoms with Crippen LogP contribution in [0.25, 0.3) is 5.82 Å². The molecule has 0 saturated heterocycles. The van der Waals surface area contributed by atoms with E-state index in [4.69, 9.17) is 0 Å². The molecule has 3 aromatic rings. The second-order valence-electron chi connectivity index (χ2n) is 4.57. The summed E-state index contributed by atoms with van der Waals surface area (Å²) in [6, 6.07) is 6.39. The maximum Gasteiger partial charge on any atom is 0.324 e. The van der Waals surface area contributed by atoms with Gasteiger partial charge in [0.2, 0.25) is 0 Å². The number of aromatic nitrogens is 3. The summed E-state index contributed by atoms with van der Waals surface area (Å²) >= 11 is 0.850. The Kier molecular flexibility index (Phi) is 4.11. The van der Waals surface area contributed by atoms with E-state index < -0.39 is 4.92 Å². The Balaban J connectivity index is 1.67. The molecule has 1 amide bonds. The van der Waals surface area contributed by atoms with E-state index in [1.165, 1.54) is 12.1 Å². The number of hydrogen-bond donors (Lipinski definition) is 1.